The Morgan fingerprint density at radius 3 is 1.85 bits per heavy atom. The van der Waals surface area contributed by atoms with Gasteiger partial charge in [-0.3, -0.25) is 14.5 Å². The van der Waals surface area contributed by atoms with E-state index < -0.39 is 0 Å². The number of fused-ring (bicyclic) bond motifs is 5. The van der Waals surface area contributed by atoms with E-state index in [4.69, 9.17) is 4.74 Å². The van der Waals surface area contributed by atoms with E-state index in [9.17, 15) is 9.59 Å². The smallest absolute Gasteiger partial charge is 0.237 e. The second kappa shape index (κ2) is 5.70. The predicted molar refractivity (Wildman–Crippen MR) is 98.0 cm³/mol. The number of ether oxygens (including phenoxy) is 1. The van der Waals surface area contributed by atoms with Crippen molar-refractivity contribution in [3.63, 3.8) is 0 Å². The van der Waals surface area contributed by atoms with Gasteiger partial charge in [-0.2, -0.15) is 0 Å². The largest absolute Gasteiger partial charge is 0.457 e. The molecule has 4 nitrogen and oxygen atoms in total. The first-order valence-electron chi connectivity index (χ1n) is 9.34. The zero-order valence-corrected chi connectivity index (χ0v) is 14.7. The highest BCUT2D eigenvalue weighted by Crippen LogP contribution is 2.56. The third-order valence-electron chi connectivity index (χ3n) is 6.28. The number of benzene rings is 2. The van der Waals surface area contributed by atoms with E-state index in [1.807, 2.05) is 55.5 Å². The van der Waals surface area contributed by atoms with Crippen LogP contribution >= 0.6 is 0 Å². The number of hydrogen-bond acceptors (Lipinski definition) is 3. The summed E-state index contributed by atoms with van der Waals surface area (Å²) in [6, 6.07) is 15.1. The number of amides is 2. The summed E-state index contributed by atoms with van der Waals surface area (Å²) in [5.41, 5.74) is 1.84. The van der Waals surface area contributed by atoms with Crippen molar-refractivity contribution in [3.8, 4) is 11.5 Å². The van der Waals surface area contributed by atoms with Crippen molar-refractivity contribution in [2.75, 3.05) is 4.90 Å². The van der Waals surface area contributed by atoms with Crippen molar-refractivity contribution >= 4 is 17.5 Å². The molecule has 2 amide bonds. The fourth-order valence-electron chi connectivity index (χ4n) is 5.07. The molecule has 3 aliphatic rings. The fourth-order valence-corrected chi connectivity index (χ4v) is 5.07. The van der Waals surface area contributed by atoms with E-state index in [0.29, 0.717) is 23.3 Å². The second-order valence-corrected chi connectivity index (χ2v) is 7.81. The van der Waals surface area contributed by atoms with Crippen LogP contribution in [-0.2, 0) is 9.59 Å². The van der Waals surface area contributed by atoms with Gasteiger partial charge in [0.05, 0.1) is 17.5 Å². The molecule has 2 saturated carbocycles. The van der Waals surface area contributed by atoms with Gasteiger partial charge < -0.3 is 4.74 Å². The molecule has 0 radical (unpaired) electrons. The molecule has 3 fully saturated rings. The molecule has 0 aromatic heterocycles. The molecular formula is C22H21NO3. The summed E-state index contributed by atoms with van der Waals surface area (Å²) in [6.07, 6.45) is 3.26. The normalized spacial score (nSPS) is 29.3. The van der Waals surface area contributed by atoms with E-state index in [1.165, 1.54) is 10.5 Å². The van der Waals surface area contributed by atoms with Crippen molar-refractivity contribution in [3.05, 3.63) is 54.1 Å². The van der Waals surface area contributed by atoms with Crippen LogP contribution < -0.4 is 9.64 Å². The molecule has 26 heavy (non-hydrogen) atoms. The Kier molecular flexibility index (Phi) is 3.42. The Bertz CT molecular complexity index is 843. The lowest BCUT2D eigenvalue weighted by molar-refractivity contribution is -0.123. The van der Waals surface area contributed by atoms with Gasteiger partial charge in [0.2, 0.25) is 11.8 Å². The molecule has 4 atom stereocenters. The lowest BCUT2D eigenvalue weighted by Gasteiger charge is -2.19. The van der Waals surface area contributed by atoms with E-state index in [-0.39, 0.29) is 23.7 Å². The molecule has 2 aromatic rings. The van der Waals surface area contributed by atoms with Crippen LogP contribution in [0.1, 0.15) is 24.8 Å². The molecule has 1 saturated heterocycles. The van der Waals surface area contributed by atoms with Gasteiger partial charge in [-0.1, -0.05) is 17.7 Å². The number of nitrogens with zero attached hydrogens (tertiary/aromatic N) is 1. The van der Waals surface area contributed by atoms with Gasteiger partial charge >= 0.3 is 0 Å². The zero-order chi connectivity index (χ0) is 17.8. The average molecular weight is 347 g/mol. The van der Waals surface area contributed by atoms with Gasteiger partial charge in [-0.15, -0.1) is 0 Å². The maximum atomic E-state index is 12.9. The third-order valence-corrected chi connectivity index (χ3v) is 6.28. The minimum Gasteiger partial charge on any atom is -0.457 e. The SMILES string of the molecule is Cc1ccc(Oc2ccc(N3C(=O)C4C5CCC(C5)C4C3=O)cc2)cc1. The molecule has 4 heteroatoms. The van der Waals surface area contributed by atoms with Crippen LogP contribution in [0.4, 0.5) is 5.69 Å². The number of hydrogen-bond donors (Lipinski definition) is 0. The molecule has 0 N–H and O–H groups in total. The van der Waals surface area contributed by atoms with Crippen molar-refractivity contribution in [1.82, 2.24) is 0 Å². The summed E-state index contributed by atoms with van der Waals surface area (Å²) in [7, 11) is 0. The first kappa shape index (κ1) is 15.6. The summed E-state index contributed by atoms with van der Waals surface area (Å²) >= 11 is 0. The fraction of sp³-hybridized carbons (Fsp3) is 0.364. The van der Waals surface area contributed by atoms with Crippen LogP contribution in [0.3, 0.4) is 0 Å². The Morgan fingerprint density at radius 1 is 0.808 bits per heavy atom. The zero-order valence-electron chi connectivity index (χ0n) is 14.7. The van der Waals surface area contributed by atoms with Crippen LogP contribution in [-0.4, -0.2) is 11.8 Å². The van der Waals surface area contributed by atoms with Crippen molar-refractivity contribution in [1.29, 1.82) is 0 Å². The molecule has 2 aliphatic carbocycles. The van der Waals surface area contributed by atoms with E-state index in [0.717, 1.165) is 25.0 Å². The molecule has 1 aliphatic heterocycles. The lowest BCUT2D eigenvalue weighted by Crippen LogP contribution is -2.32. The van der Waals surface area contributed by atoms with E-state index in [1.54, 1.807) is 0 Å². The summed E-state index contributed by atoms with van der Waals surface area (Å²) in [6.45, 7) is 2.03. The standard InChI is InChI=1S/C22H21NO3/c1-13-2-8-17(9-3-13)26-18-10-6-16(7-11-18)23-21(24)19-14-4-5-15(12-14)20(19)22(23)25/h2-3,6-11,14-15,19-20H,4-5,12H2,1H3. The van der Waals surface area contributed by atoms with Crippen molar-refractivity contribution in [2.45, 2.75) is 26.2 Å². The molecule has 132 valence electrons. The highest BCUT2D eigenvalue weighted by atomic mass is 16.5. The van der Waals surface area contributed by atoms with Crippen molar-refractivity contribution in [2.24, 2.45) is 23.7 Å². The van der Waals surface area contributed by atoms with Gasteiger partial charge in [-0.25, -0.2) is 0 Å². The number of carbonyl (C=O) groups is 2. The molecule has 1 heterocycles. The first-order valence-corrected chi connectivity index (χ1v) is 9.34. The van der Waals surface area contributed by atoms with Gasteiger partial charge in [0, 0.05) is 0 Å². The van der Waals surface area contributed by atoms with Crippen LogP contribution in [0, 0.1) is 30.6 Å². The predicted octanol–water partition coefficient (Wildman–Crippen LogP) is 4.32. The number of carbonyl (C=O) groups excluding carboxylic acids is 2. The number of rotatable bonds is 3. The highest BCUT2D eigenvalue weighted by molar-refractivity contribution is 6.22. The van der Waals surface area contributed by atoms with Crippen LogP contribution in [0.15, 0.2) is 48.5 Å². The minimum atomic E-state index is -0.0789. The summed E-state index contributed by atoms with van der Waals surface area (Å²) in [5, 5.41) is 0. The Hall–Kier alpha value is -2.62. The monoisotopic (exact) mass is 347 g/mol. The van der Waals surface area contributed by atoms with Crippen LogP contribution in [0.2, 0.25) is 0 Å². The third kappa shape index (κ3) is 2.28. The Labute approximate surface area is 152 Å². The van der Waals surface area contributed by atoms with Crippen molar-refractivity contribution < 1.29 is 14.3 Å². The molecular weight excluding hydrogens is 326 g/mol. The molecule has 2 aromatic carbocycles. The first-order chi connectivity index (χ1) is 12.6. The highest BCUT2D eigenvalue weighted by Gasteiger charge is 2.61. The number of aryl methyl sites for hydroxylation is 1. The summed E-state index contributed by atoms with van der Waals surface area (Å²) in [5.74, 6) is 2.12. The maximum absolute atomic E-state index is 12.9. The molecule has 0 spiro atoms. The van der Waals surface area contributed by atoms with Gasteiger partial charge in [0.25, 0.3) is 0 Å². The van der Waals surface area contributed by atoms with Gasteiger partial charge in [-0.05, 0) is 74.4 Å². The van der Waals surface area contributed by atoms with Crippen LogP contribution in [0.25, 0.3) is 0 Å². The quantitative estimate of drug-likeness (QED) is 0.777. The lowest BCUT2D eigenvalue weighted by atomic mass is 9.81. The van der Waals surface area contributed by atoms with E-state index >= 15 is 0 Å². The van der Waals surface area contributed by atoms with Gasteiger partial charge in [0.15, 0.2) is 0 Å². The van der Waals surface area contributed by atoms with E-state index in [2.05, 4.69) is 0 Å². The summed E-state index contributed by atoms with van der Waals surface area (Å²) < 4.78 is 5.83. The Balaban J connectivity index is 1.37. The number of anilines is 1. The molecule has 4 unspecified atom stereocenters. The maximum Gasteiger partial charge on any atom is 0.237 e. The molecule has 5 rings (SSSR count). The van der Waals surface area contributed by atoms with Crippen LogP contribution in [0.5, 0.6) is 11.5 Å². The number of imide groups is 1. The van der Waals surface area contributed by atoms with Gasteiger partial charge in [0.1, 0.15) is 11.5 Å². The second-order valence-electron chi connectivity index (χ2n) is 7.81. The molecule has 2 bridgehead atoms. The summed E-state index contributed by atoms with van der Waals surface area (Å²) in [4.78, 5) is 27.2. The minimum absolute atomic E-state index is 0.000553. The average Bonchev–Trinajstić information content (AvgIpc) is 3.32. The Morgan fingerprint density at radius 2 is 1.31 bits per heavy atom. The topological polar surface area (TPSA) is 46.6 Å².